The highest BCUT2D eigenvalue weighted by molar-refractivity contribution is 7.15. The first kappa shape index (κ1) is 27.2. The monoisotopic (exact) mass is 525 g/mol. The van der Waals surface area contributed by atoms with Crippen LogP contribution in [0.15, 0.2) is 30.5 Å². The van der Waals surface area contributed by atoms with Crippen LogP contribution in [-0.2, 0) is 16.1 Å². The Bertz CT molecular complexity index is 1380. The van der Waals surface area contributed by atoms with E-state index >= 15 is 0 Å². The smallest absolute Gasteiger partial charge is 0.272 e. The molecule has 2 heterocycles. The minimum Gasteiger partial charge on any atom is -0.494 e. The summed E-state index contributed by atoms with van der Waals surface area (Å²) in [6.07, 6.45) is 3.30. The lowest BCUT2D eigenvalue weighted by atomic mass is 9.49. The summed E-state index contributed by atoms with van der Waals surface area (Å²) < 4.78 is 5.69. The van der Waals surface area contributed by atoms with Gasteiger partial charge in [-0.3, -0.25) is 14.4 Å². The third-order valence-electron chi connectivity index (χ3n) is 5.32. The fourth-order valence-electron chi connectivity index (χ4n) is 3.44. The largest absolute Gasteiger partial charge is 0.494 e. The lowest BCUT2D eigenvalue weighted by Crippen LogP contribution is -2.50. The van der Waals surface area contributed by atoms with Crippen LogP contribution in [0.5, 0.6) is 5.75 Å². The molecule has 1 aromatic carbocycles. The zero-order valence-electron chi connectivity index (χ0n) is 20.7. The van der Waals surface area contributed by atoms with Gasteiger partial charge >= 0.3 is 0 Å². The van der Waals surface area contributed by atoms with Gasteiger partial charge < -0.3 is 26.0 Å². The Morgan fingerprint density at radius 1 is 1.16 bits per heavy atom. The quantitative estimate of drug-likeness (QED) is 0.289. The van der Waals surface area contributed by atoms with E-state index in [1.54, 1.807) is 18.3 Å². The van der Waals surface area contributed by atoms with Gasteiger partial charge in [-0.1, -0.05) is 11.3 Å². The predicted octanol–water partition coefficient (Wildman–Crippen LogP) is 1.18. The summed E-state index contributed by atoms with van der Waals surface area (Å²) in [6.45, 7) is 1.80. The maximum Gasteiger partial charge on any atom is 0.272 e. The van der Waals surface area contributed by atoms with E-state index in [0.29, 0.717) is 28.6 Å². The van der Waals surface area contributed by atoms with Crippen LogP contribution in [-0.4, -0.2) is 68.8 Å². The number of methoxy groups -OCH3 is 1. The molecule has 4 N–H and O–H groups in total. The molecule has 4 rings (SSSR count). The van der Waals surface area contributed by atoms with E-state index in [-0.39, 0.29) is 34.9 Å². The van der Waals surface area contributed by atoms with E-state index in [1.165, 1.54) is 31.4 Å². The zero-order valence-corrected chi connectivity index (χ0v) is 21.5. The van der Waals surface area contributed by atoms with Crippen molar-refractivity contribution >= 4 is 69.8 Å². The molecule has 0 bridgehead atoms. The topological polar surface area (TPSA) is 147 Å². The van der Waals surface area contributed by atoms with Crippen LogP contribution in [0.4, 0.5) is 17.2 Å². The number of hydrogen-bond donors (Lipinski definition) is 4. The lowest BCUT2D eigenvalue weighted by Gasteiger charge is -2.23. The number of benzene rings is 1. The molecule has 0 saturated heterocycles. The number of nitrogens with zero attached hydrogens (tertiary/aromatic N) is 3. The second-order valence-electron chi connectivity index (χ2n) is 8.70. The maximum absolute atomic E-state index is 12.8. The molecule has 0 aliphatic heterocycles. The summed E-state index contributed by atoms with van der Waals surface area (Å²) in [5.74, 6) is -0.577. The fraction of sp³-hybridized carbons (Fsp3) is 0.304. The number of anilines is 3. The highest BCUT2D eigenvalue weighted by Gasteiger charge is 2.30. The second-order valence-corrected chi connectivity index (χ2v) is 9.81. The molecule has 11 nitrogen and oxygen atoms in total. The lowest BCUT2D eigenvalue weighted by molar-refractivity contribution is -0.119. The Morgan fingerprint density at radius 3 is 2.58 bits per heavy atom. The molecule has 38 heavy (non-hydrogen) atoms. The molecule has 1 saturated carbocycles. The van der Waals surface area contributed by atoms with Crippen LogP contribution in [0, 0.1) is 5.92 Å². The van der Waals surface area contributed by atoms with Crippen LogP contribution >= 0.6 is 11.3 Å². The number of ether oxygens (including phenoxy) is 1. The van der Waals surface area contributed by atoms with Crippen molar-refractivity contribution in [3.63, 3.8) is 0 Å². The first-order valence-corrected chi connectivity index (χ1v) is 12.4. The molecule has 15 heteroatoms. The van der Waals surface area contributed by atoms with Crippen molar-refractivity contribution in [1.82, 2.24) is 25.8 Å². The van der Waals surface area contributed by atoms with Gasteiger partial charge in [-0.05, 0) is 25.0 Å². The number of hydrogen-bond acceptors (Lipinski definition) is 9. The van der Waals surface area contributed by atoms with Gasteiger partial charge in [0.1, 0.15) is 5.01 Å². The molecule has 3 amide bonds. The molecule has 2 aromatic heterocycles. The van der Waals surface area contributed by atoms with Crippen LogP contribution < -0.4 is 26.0 Å². The summed E-state index contributed by atoms with van der Waals surface area (Å²) in [5, 5.41) is 17.4. The van der Waals surface area contributed by atoms with Crippen LogP contribution in [0.2, 0.25) is 0 Å². The van der Waals surface area contributed by atoms with E-state index in [2.05, 4.69) is 36.4 Å². The average Bonchev–Trinajstić information content (AvgIpc) is 3.59. The SMILES string of the molecule is [B]C([B])([B])NC(=O)c1nnc(NC(=O)C2CC2)cc1Nc1cccc(-c2ncc(CNC(C)=O)s2)c1OC. The van der Waals surface area contributed by atoms with Crippen molar-refractivity contribution in [3.05, 3.63) is 41.0 Å². The van der Waals surface area contributed by atoms with Crippen molar-refractivity contribution < 1.29 is 19.1 Å². The van der Waals surface area contributed by atoms with Crippen molar-refractivity contribution in [2.24, 2.45) is 5.92 Å². The number of rotatable bonds is 10. The molecular formula is C23H22B3N7O4S. The zero-order chi connectivity index (χ0) is 27.4. The molecule has 188 valence electrons. The van der Waals surface area contributed by atoms with Crippen LogP contribution in [0.3, 0.4) is 0 Å². The van der Waals surface area contributed by atoms with Crippen molar-refractivity contribution in [2.45, 2.75) is 31.5 Å². The second kappa shape index (κ2) is 11.3. The Hall–Kier alpha value is -3.87. The average molecular weight is 525 g/mol. The van der Waals surface area contributed by atoms with E-state index in [1.807, 2.05) is 6.07 Å². The van der Waals surface area contributed by atoms with Gasteiger partial charge in [0, 0.05) is 30.0 Å². The number of thiazole rings is 1. The van der Waals surface area contributed by atoms with Gasteiger partial charge in [-0.2, -0.15) is 0 Å². The highest BCUT2D eigenvalue weighted by Crippen LogP contribution is 2.40. The van der Waals surface area contributed by atoms with Crippen molar-refractivity contribution in [3.8, 4) is 16.3 Å². The van der Waals surface area contributed by atoms with E-state index in [9.17, 15) is 14.4 Å². The van der Waals surface area contributed by atoms with Gasteiger partial charge in [-0.25, -0.2) is 4.98 Å². The number of nitrogens with one attached hydrogen (secondary N) is 4. The third-order valence-corrected chi connectivity index (χ3v) is 6.35. The molecular weight excluding hydrogens is 503 g/mol. The number of carbonyl (C=O) groups is 3. The van der Waals surface area contributed by atoms with Crippen LogP contribution in [0.1, 0.15) is 35.1 Å². The molecule has 0 atom stereocenters. The number of amides is 3. The summed E-state index contributed by atoms with van der Waals surface area (Å²) in [4.78, 5) is 41.7. The summed E-state index contributed by atoms with van der Waals surface area (Å²) >= 11 is 1.40. The Kier molecular flexibility index (Phi) is 8.05. The maximum atomic E-state index is 12.8. The molecule has 0 unspecified atom stereocenters. The van der Waals surface area contributed by atoms with E-state index in [4.69, 9.17) is 28.3 Å². The van der Waals surface area contributed by atoms with Crippen molar-refractivity contribution in [1.29, 1.82) is 0 Å². The van der Waals surface area contributed by atoms with Gasteiger partial charge in [0.05, 0.1) is 54.1 Å². The van der Waals surface area contributed by atoms with E-state index < -0.39 is 11.1 Å². The minimum atomic E-state index is -1.99. The third kappa shape index (κ3) is 6.91. The molecule has 0 spiro atoms. The Labute approximate surface area is 227 Å². The number of para-hydroxylation sites is 1. The normalized spacial score (nSPS) is 12.9. The molecule has 1 aliphatic carbocycles. The highest BCUT2D eigenvalue weighted by atomic mass is 32.1. The predicted molar refractivity (Wildman–Crippen MR) is 146 cm³/mol. The minimum absolute atomic E-state index is 0.0610. The molecule has 6 radical (unpaired) electrons. The van der Waals surface area contributed by atoms with Gasteiger partial charge in [-0.15, -0.1) is 21.5 Å². The summed E-state index contributed by atoms with van der Waals surface area (Å²) in [6, 6.07) is 6.81. The van der Waals surface area contributed by atoms with Crippen LogP contribution in [0.25, 0.3) is 10.6 Å². The number of carbonyl (C=O) groups excluding carboxylic acids is 3. The first-order valence-electron chi connectivity index (χ1n) is 11.6. The summed E-state index contributed by atoms with van der Waals surface area (Å²) in [5.41, 5.74) is 1.18. The van der Waals surface area contributed by atoms with Crippen molar-refractivity contribution in [2.75, 3.05) is 17.7 Å². The number of aromatic nitrogens is 3. The summed E-state index contributed by atoms with van der Waals surface area (Å²) in [7, 11) is 18.1. The molecule has 1 fully saturated rings. The standard InChI is InChI=1S/C23H22B3N7O4S/c1-11(34)27-9-13-10-28-22(38-13)14-4-3-5-15(19(14)37-2)29-16-8-17(30-20(35)12-6-7-12)32-33-18(16)21(36)31-23(24,25)26/h3-5,8,10,12H,6-7,9H2,1-2H3,(H,27,34)(H,31,36)(H2,29,30,32,35). The first-order chi connectivity index (χ1) is 18.0. The van der Waals surface area contributed by atoms with Gasteiger partial charge in [0.25, 0.3) is 5.91 Å². The molecule has 1 aliphatic rings. The Balaban J connectivity index is 1.68. The van der Waals surface area contributed by atoms with E-state index in [0.717, 1.165) is 17.7 Å². The van der Waals surface area contributed by atoms with Gasteiger partial charge in [0.15, 0.2) is 17.3 Å². The molecule has 3 aromatic rings. The van der Waals surface area contributed by atoms with Gasteiger partial charge in [0.2, 0.25) is 11.8 Å². The Morgan fingerprint density at radius 2 is 1.92 bits per heavy atom. The fourth-order valence-corrected chi connectivity index (χ4v) is 4.31.